The van der Waals surface area contributed by atoms with Crippen LogP contribution in [0.3, 0.4) is 0 Å². The topological polar surface area (TPSA) is 115 Å². The summed E-state index contributed by atoms with van der Waals surface area (Å²) in [6, 6.07) is 9.37. The normalized spacial score (nSPS) is 11.3. The van der Waals surface area contributed by atoms with E-state index in [9.17, 15) is 15.0 Å². The number of hydrogen-bond acceptors (Lipinski definition) is 8. The van der Waals surface area contributed by atoms with Gasteiger partial charge < -0.3 is 24.1 Å². The first-order valence-electron chi connectivity index (χ1n) is 8.08. The van der Waals surface area contributed by atoms with Crippen molar-refractivity contribution in [2.75, 3.05) is 14.2 Å². The molecule has 0 radical (unpaired) electrons. The Kier molecular flexibility index (Phi) is 6.30. The van der Waals surface area contributed by atoms with Crippen LogP contribution in [-0.2, 0) is 4.79 Å². The molecule has 3 rings (SSSR count). The molecule has 0 saturated heterocycles. The van der Waals surface area contributed by atoms with Gasteiger partial charge in [0, 0.05) is 22.2 Å². The first kappa shape index (κ1) is 20.6. The van der Waals surface area contributed by atoms with E-state index in [0.717, 1.165) is 11.8 Å². The summed E-state index contributed by atoms with van der Waals surface area (Å²) in [5, 5.41) is 27.6. The van der Waals surface area contributed by atoms with E-state index in [1.165, 1.54) is 38.5 Å². The lowest BCUT2D eigenvalue weighted by Crippen LogP contribution is -1.97. The van der Waals surface area contributed by atoms with E-state index in [0.29, 0.717) is 22.1 Å². The molecule has 0 saturated carbocycles. The van der Waals surface area contributed by atoms with Crippen LogP contribution in [0.4, 0.5) is 0 Å². The van der Waals surface area contributed by atoms with Crippen molar-refractivity contribution in [2.24, 2.45) is 0 Å². The van der Waals surface area contributed by atoms with Gasteiger partial charge in [-0.25, -0.2) is 4.79 Å². The fourth-order valence-electron chi connectivity index (χ4n) is 2.31. The molecule has 0 amide bonds. The number of thioether (sulfide) groups is 1. The molecule has 0 unspecified atom stereocenters. The number of nitrogens with zero attached hydrogens (tertiary/aromatic N) is 2. The SMILES string of the molecule is COc1cc(OC)cc(-c2nnc(S/C(=C\c3cc(Cl)ccc3O)C(=O)O)o2)c1. The van der Waals surface area contributed by atoms with Gasteiger partial charge in [-0.1, -0.05) is 11.6 Å². The first-order valence-corrected chi connectivity index (χ1v) is 9.27. The van der Waals surface area contributed by atoms with Gasteiger partial charge in [-0.05, 0) is 48.2 Å². The van der Waals surface area contributed by atoms with Crippen molar-refractivity contribution >= 4 is 35.4 Å². The third kappa shape index (κ3) is 5.01. The van der Waals surface area contributed by atoms with Crippen LogP contribution in [0.1, 0.15) is 5.56 Å². The zero-order valence-corrected chi connectivity index (χ0v) is 16.8. The van der Waals surface area contributed by atoms with E-state index in [-0.39, 0.29) is 27.3 Å². The van der Waals surface area contributed by atoms with E-state index in [4.69, 9.17) is 25.5 Å². The standard InChI is InChI=1S/C19H15ClN2O6S/c1-26-13-6-11(7-14(9-13)27-2)17-21-22-19(28-17)29-16(18(24)25)8-10-5-12(20)3-4-15(10)23/h3-9,23H,1-2H3,(H,24,25)/b16-8-. The zero-order valence-electron chi connectivity index (χ0n) is 15.2. The first-order chi connectivity index (χ1) is 13.9. The lowest BCUT2D eigenvalue weighted by atomic mass is 10.2. The number of carboxylic acid groups (broad SMARTS) is 1. The van der Waals surface area contributed by atoms with Gasteiger partial charge in [0.25, 0.3) is 5.22 Å². The van der Waals surface area contributed by atoms with Gasteiger partial charge in [-0.2, -0.15) is 0 Å². The molecule has 29 heavy (non-hydrogen) atoms. The molecule has 3 aromatic rings. The van der Waals surface area contributed by atoms with Gasteiger partial charge in [0.05, 0.1) is 14.2 Å². The minimum absolute atomic E-state index is 0.0111. The van der Waals surface area contributed by atoms with Crippen LogP contribution < -0.4 is 9.47 Å². The van der Waals surface area contributed by atoms with Crippen LogP contribution >= 0.6 is 23.4 Å². The molecular formula is C19H15ClN2O6S. The maximum Gasteiger partial charge on any atom is 0.342 e. The average molecular weight is 435 g/mol. The number of phenols is 1. The van der Waals surface area contributed by atoms with E-state index < -0.39 is 5.97 Å². The van der Waals surface area contributed by atoms with Crippen molar-refractivity contribution in [1.82, 2.24) is 10.2 Å². The molecule has 0 spiro atoms. The average Bonchev–Trinajstić information content (AvgIpc) is 3.18. The summed E-state index contributed by atoms with van der Waals surface area (Å²) in [5.74, 6) is -0.0933. The van der Waals surface area contributed by atoms with E-state index in [1.54, 1.807) is 18.2 Å². The molecule has 0 fully saturated rings. The predicted octanol–water partition coefficient (Wildman–Crippen LogP) is 4.33. The Labute approximate surface area is 174 Å². The molecule has 150 valence electrons. The van der Waals surface area contributed by atoms with Crippen LogP contribution in [-0.4, -0.2) is 40.6 Å². The largest absolute Gasteiger partial charge is 0.507 e. The summed E-state index contributed by atoms with van der Waals surface area (Å²) in [4.78, 5) is 11.5. The number of rotatable bonds is 7. The molecule has 8 nitrogen and oxygen atoms in total. The van der Waals surface area contributed by atoms with Crippen molar-refractivity contribution in [3.63, 3.8) is 0 Å². The summed E-state index contributed by atoms with van der Waals surface area (Å²) in [6.07, 6.45) is 1.27. The van der Waals surface area contributed by atoms with Gasteiger partial charge in [0.1, 0.15) is 22.2 Å². The summed E-state index contributed by atoms with van der Waals surface area (Å²) in [7, 11) is 3.03. The predicted molar refractivity (Wildman–Crippen MR) is 107 cm³/mol. The minimum atomic E-state index is -1.22. The Morgan fingerprint density at radius 1 is 1.14 bits per heavy atom. The van der Waals surface area contributed by atoms with Gasteiger partial charge in [-0.15, -0.1) is 10.2 Å². The second-order valence-electron chi connectivity index (χ2n) is 5.59. The molecule has 10 heteroatoms. The second-order valence-corrected chi connectivity index (χ2v) is 7.02. The number of carbonyl (C=O) groups is 1. The van der Waals surface area contributed by atoms with Gasteiger partial charge in [0.2, 0.25) is 5.89 Å². The molecule has 0 aliphatic heterocycles. The number of benzene rings is 2. The zero-order chi connectivity index (χ0) is 21.0. The van der Waals surface area contributed by atoms with Crippen LogP contribution in [0.2, 0.25) is 5.02 Å². The fourth-order valence-corrected chi connectivity index (χ4v) is 3.15. The highest BCUT2D eigenvalue weighted by Gasteiger charge is 2.17. The Morgan fingerprint density at radius 3 is 2.45 bits per heavy atom. The number of methoxy groups -OCH3 is 2. The molecule has 2 N–H and O–H groups in total. The van der Waals surface area contributed by atoms with Crippen LogP contribution in [0, 0.1) is 0 Å². The maximum atomic E-state index is 11.6. The Balaban J connectivity index is 1.90. The highest BCUT2D eigenvalue weighted by atomic mass is 35.5. The Hall–Kier alpha value is -3.17. The minimum Gasteiger partial charge on any atom is -0.507 e. The summed E-state index contributed by atoms with van der Waals surface area (Å²) < 4.78 is 16.0. The van der Waals surface area contributed by atoms with Gasteiger partial charge in [0.15, 0.2) is 0 Å². The molecule has 0 atom stereocenters. The molecule has 0 aliphatic rings. The maximum absolute atomic E-state index is 11.6. The van der Waals surface area contributed by atoms with Crippen molar-refractivity contribution in [3.8, 4) is 28.7 Å². The quantitative estimate of drug-likeness (QED) is 0.414. The fraction of sp³-hybridized carbons (Fsp3) is 0.105. The molecular weight excluding hydrogens is 420 g/mol. The highest BCUT2D eigenvalue weighted by molar-refractivity contribution is 8.03. The van der Waals surface area contributed by atoms with Crippen molar-refractivity contribution in [2.45, 2.75) is 5.22 Å². The monoisotopic (exact) mass is 434 g/mol. The van der Waals surface area contributed by atoms with Crippen molar-refractivity contribution in [3.05, 3.63) is 51.9 Å². The number of aromatic nitrogens is 2. The van der Waals surface area contributed by atoms with E-state index in [2.05, 4.69) is 10.2 Å². The summed E-state index contributed by atoms with van der Waals surface area (Å²) in [5.41, 5.74) is 0.800. The number of phenolic OH excluding ortho intramolecular Hbond substituents is 1. The molecule has 0 bridgehead atoms. The number of hydrogen-bond donors (Lipinski definition) is 2. The number of halogens is 1. The third-order valence-electron chi connectivity index (χ3n) is 3.69. The van der Waals surface area contributed by atoms with Crippen molar-refractivity contribution in [1.29, 1.82) is 0 Å². The van der Waals surface area contributed by atoms with Crippen LogP contribution in [0.15, 0.2) is 50.9 Å². The molecule has 2 aromatic carbocycles. The van der Waals surface area contributed by atoms with E-state index in [1.807, 2.05) is 0 Å². The number of aliphatic carboxylic acids is 1. The number of aromatic hydroxyl groups is 1. The van der Waals surface area contributed by atoms with Crippen LogP contribution in [0.25, 0.3) is 17.5 Å². The van der Waals surface area contributed by atoms with E-state index >= 15 is 0 Å². The van der Waals surface area contributed by atoms with Gasteiger partial charge in [-0.3, -0.25) is 0 Å². The molecule has 1 aromatic heterocycles. The van der Waals surface area contributed by atoms with Gasteiger partial charge >= 0.3 is 5.97 Å². The van der Waals surface area contributed by atoms with Crippen molar-refractivity contribution < 1.29 is 28.9 Å². The highest BCUT2D eigenvalue weighted by Crippen LogP contribution is 2.34. The summed E-state index contributed by atoms with van der Waals surface area (Å²) in [6.45, 7) is 0. The molecule has 1 heterocycles. The Morgan fingerprint density at radius 2 is 1.83 bits per heavy atom. The summed E-state index contributed by atoms with van der Waals surface area (Å²) >= 11 is 6.65. The van der Waals surface area contributed by atoms with Crippen LogP contribution in [0.5, 0.6) is 17.2 Å². The lowest BCUT2D eigenvalue weighted by Gasteiger charge is -2.05. The second kappa shape index (κ2) is 8.89. The number of ether oxygens (including phenoxy) is 2. The smallest absolute Gasteiger partial charge is 0.342 e. The third-order valence-corrected chi connectivity index (χ3v) is 4.78. The Bertz CT molecular complexity index is 1060. The number of carboxylic acids is 1. The lowest BCUT2D eigenvalue weighted by molar-refractivity contribution is -0.131. The molecule has 0 aliphatic carbocycles.